The molecule has 0 unspecified atom stereocenters. The summed E-state index contributed by atoms with van der Waals surface area (Å²) in [5.41, 5.74) is 3.50. The normalized spacial score (nSPS) is 10.9. The zero-order valence-corrected chi connectivity index (χ0v) is 14.0. The van der Waals surface area contributed by atoms with E-state index >= 15 is 0 Å². The van der Waals surface area contributed by atoms with Gasteiger partial charge in [-0.05, 0) is 23.3 Å². The Labute approximate surface area is 149 Å². The first-order chi connectivity index (χ1) is 12.8. The van der Waals surface area contributed by atoms with Crippen LogP contribution in [0.5, 0.6) is 0 Å². The van der Waals surface area contributed by atoms with Crippen LogP contribution in [0.2, 0.25) is 0 Å². The van der Waals surface area contributed by atoms with E-state index in [1.807, 2.05) is 48.5 Å². The number of carbonyl (C=O) groups excluding carboxylic acids is 1. The van der Waals surface area contributed by atoms with E-state index in [4.69, 9.17) is 4.52 Å². The summed E-state index contributed by atoms with van der Waals surface area (Å²) in [6.45, 7) is 1.14. The lowest BCUT2D eigenvalue weighted by atomic mass is 10.1. The predicted octanol–water partition coefficient (Wildman–Crippen LogP) is 2.33. The van der Waals surface area contributed by atoms with Gasteiger partial charge in [-0.25, -0.2) is 9.67 Å². The second kappa shape index (κ2) is 7.18. The van der Waals surface area contributed by atoms with E-state index < -0.39 is 0 Å². The van der Waals surface area contributed by atoms with Crippen molar-refractivity contribution in [1.82, 2.24) is 25.2 Å². The van der Waals surface area contributed by atoms with Gasteiger partial charge in [0, 0.05) is 11.9 Å². The molecule has 2 heterocycles. The maximum atomic E-state index is 12.2. The largest absolute Gasteiger partial charge is 0.356 e. The van der Waals surface area contributed by atoms with Gasteiger partial charge in [0.1, 0.15) is 18.3 Å². The zero-order chi connectivity index (χ0) is 17.8. The van der Waals surface area contributed by atoms with Crippen molar-refractivity contribution in [2.45, 2.75) is 19.5 Å². The number of rotatable bonds is 6. The number of para-hydroxylation sites is 1. The summed E-state index contributed by atoms with van der Waals surface area (Å²) in [7, 11) is 0. The third-order valence-electron chi connectivity index (χ3n) is 4.10. The van der Waals surface area contributed by atoms with Crippen molar-refractivity contribution in [3.05, 3.63) is 78.0 Å². The van der Waals surface area contributed by atoms with Crippen LogP contribution in [-0.4, -0.2) is 25.8 Å². The molecule has 0 aliphatic carbocycles. The molecule has 0 saturated carbocycles. The number of hydrogen-bond donors (Lipinski definition) is 1. The molecule has 1 amide bonds. The summed E-state index contributed by atoms with van der Waals surface area (Å²) in [4.78, 5) is 16.1. The first-order valence-corrected chi connectivity index (χ1v) is 8.28. The number of aromatic nitrogens is 4. The second-order valence-electron chi connectivity index (χ2n) is 5.99. The van der Waals surface area contributed by atoms with Crippen LogP contribution in [0.15, 0.2) is 65.7 Å². The number of amides is 1. The fourth-order valence-electron chi connectivity index (χ4n) is 2.74. The van der Waals surface area contributed by atoms with Crippen molar-refractivity contribution in [3.63, 3.8) is 0 Å². The number of carbonyl (C=O) groups is 1. The fourth-order valence-corrected chi connectivity index (χ4v) is 2.74. The van der Waals surface area contributed by atoms with Gasteiger partial charge < -0.3 is 9.84 Å². The van der Waals surface area contributed by atoms with Crippen molar-refractivity contribution < 1.29 is 9.32 Å². The monoisotopic (exact) mass is 347 g/mol. The molecule has 1 N–H and O–H groups in total. The summed E-state index contributed by atoms with van der Waals surface area (Å²) in [6.07, 6.45) is 3.39. The topological polar surface area (TPSA) is 85.8 Å². The highest BCUT2D eigenvalue weighted by molar-refractivity contribution is 5.86. The summed E-state index contributed by atoms with van der Waals surface area (Å²) in [5.74, 6) is -0.0873. The fraction of sp³-hybridized carbons (Fsp3) is 0.158. The summed E-state index contributed by atoms with van der Waals surface area (Å²) >= 11 is 0. The van der Waals surface area contributed by atoms with Gasteiger partial charge >= 0.3 is 0 Å². The molecule has 4 rings (SSSR count). The standard InChI is InChI=1S/C19H17N5O2/c25-19(9-17-16-3-1-2-4-18(16)26-23-17)21-10-14-5-7-15(8-6-14)11-24-13-20-12-22-24/h1-8,12-13H,9-11H2,(H,21,25). The van der Waals surface area contributed by atoms with Gasteiger partial charge in [-0.3, -0.25) is 4.79 Å². The maximum absolute atomic E-state index is 12.2. The molecule has 0 aliphatic rings. The Kier molecular flexibility index (Phi) is 4.42. The van der Waals surface area contributed by atoms with Gasteiger partial charge in [0.15, 0.2) is 5.58 Å². The van der Waals surface area contributed by atoms with Crippen LogP contribution in [0.3, 0.4) is 0 Å². The van der Waals surface area contributed by atoms with E-state index in [1.54, 1.807) is 11.0 Å². The number of benzene rings is 2. The lowest BCUT2D eigenvalue weighted by Crippen LogP contribution is -2.24. The van der Waals surface area contributed by atoms with Gasteiger partial charge in [-0.1, -0.05) is 41.6 Å². The minimum atomic E-state index is -0.0873. The van der Waals surface area contributed by atoms with Crippen molar-refractivity contribution in [3.8, 4) is 0 Å². The van der Waals surface area contributed by atoms with Crippen molar-refractivity contribution >= 4 is 16.9 Å². The molecule has 4 aromatic rings. The molecule has 2 aromatic heterocycles. The van der Waals surface area contributed by atoms with Gasteiger partial charge in [-0.15, -0.1) is 0 Å². The Morgan fingerprint density at radius 3 is 2.69 bits per heavy atom. The highest BCUT2D eigenvalue weighted by Crippen LogP contribution is 2.18. The van der Waals surface area contributed by atoms with E-state index in [2.05, 4.69) is 20.6 Å². The number of nitrogens with zero attached hydrogens (tertiary/aromatic N) is 4. The van der Waals surface area contributed by atoms with E-state index in [0.717, 1.165) is 16.5 Å². The van der Waals surface area contributed by atoms with Crippen LogP contribution in [0.1, 0.15) is 16.8 Å². The highest BCUT2D eigenvalue weighted by atomic mass is 16.5. The van der Waals surface area contributed by atoms with Gasteiger partial charge in [0.25, 0.3) is 0 Å². The molecule has 0 spiro atoms. The first kappa shape index (κ1) is 16.0. The third-order valence-corrected chi connectivity index (χ3v) is 4.10. The van der Waals surface area contributed by atoms with Crippen molar-refractivity contribution in [2.24, 2.45) is 0 Å². The molecule has 130 valence electrons. The van der Waals surface area contributed by atoms with Crippen LogP contribution < -0.4 is 5.32 Å². The number of hydrogen-bond acceptors (Lipinski definition) is 5. The summed E-state index contributed by atoms with van der Waals surface area (Å²) in [5, 5.41) is 11.9. The van der Waals surface area contributed by atoms with Gasteiger partial charge in [0.05, 0.1) is 13.0 Å². The molecule has 0 bridgehead atoms. The van der Waals surface area contributed by atoms with Gasteiger partial charge in [-0.2, -0.15) is 5.10 Å². The second-order valence-corrected chi connectivity index (χ2v) is 5.99. The van der Waals surface area contributed by atoms with Crippen molar-refractivity contribution in [2.75, 3.05) is 0 Å². The quantitative estimate of drug-likeness (QED) is 0.578. The number of fused-ring (bicyclic) bond motifs is 1. The first-order valence-electron chi connectivity index (χ1n) is 8.28. The number of nitrogens with one attached hydrogen (secondary N) is 1. The van der Waals surface area contributed by atoms with Crippen LogP contribution in [0.25, 0.3) is 11.0 Å². The molecule has 0 radical (unpaired) electrons. The third kappa shape index (κ3) is 3.61. The van der Waals surface area contributed by atoms with E-state index in [1.165, 1.54) is 6.33 Å². The molecule has 7 heteroatoms. The summed E-state index contributed by atoms with van der Waals surface area (Å²) in [6, 6.07) is 15.6. The Morgan fingerprint density at radius 2 is 1.88 bits per heavy atom. The maximum Gasteiger partial charge on any atom is 0.226 e. The van der Waals surface area contributed by atoms with Crippen LogP contribution in [0, 0.1) is 0 Å². The molecule has 0 saturated heterocycles. The minimum absolute atomic E-state index is 0.0873. The van der Waals surface area contributed by atoms with Crippen LogP contribution in [0.4, 0.5) is 0 Å². The molecule has 0 aliphatic heterocycles. The molecular weight excluding hydrogens is 330 g/mol. The van der Waals surface area contributed by atoms with Gasteiger partial charge in [0.2, 0.25) is 5.91 Å². The molecule has 26 heavy (non-hydrogen) atoms. The average Bonchev–Trinajstić information content (AvgIpc) is 3.32. The average molecular weight is 347 g/mol. The smallest absolute Gasteiger partial charge is 0.226 e. The van der Waals surface area contributed by atoms with E-state index in [9.17, 15) is 4.79 Å². The minimum Gasteiger partial charge on any atom is -0.356 e. The molecule has 0 atom stereocenters. The predicted molar refractivity (Wildman–Crippen MR) is 95.1 cm³/mol. The Bertz CT molecular complexity index is 1010. The molecule has 0 fully saturated rings. The molecule has 2 aromatic carbocycles. The molecular formula is C19H17N5O2. The van der Waals surface area contributed by atoms with Crippen LogP contribution >= 0.6 is 0 Å². The lowest BCUT2D eigenvalue weighted by Gasteiger charge is -2.06. The summed E-state index contributed by atoms with van der Waals surface area (Å²) < 4.78 is 6.99. The Hall–Kier alpha value is -3.48. The van der Waals surface area contributed by atoms with Crippen molar-refractivity contribution in [1.29, 1.82) is 0 Å². The Balaban J connectivity index is 1.32. The SMILES string of the molecule is O=C(Cc1noc2ccccc12)NCc1ccc(Cn2cncn2)cc1. The zero-order valence-electron chi connectivity index (χ0n) is 14.0. The Morgan fingerprint density at radius 1 is 1.08 bits per heavy atom. The van der Waals surface area contributed by atoms with E-state index in [0.29, 0.717) is 24.4 Å². The lowest BCUT2D eigenvalue weighted by molar-refractivity contribution is -0.120. The molecule has 7 nitrogen and oxygen atoms in total. The van der Waals surface area contributed by atoms with Crippen LogP contribution in [-0.2, 0) is 24.3 Å². The van der Waals surface area contributed by atoms with E-state index in [-0.39, 0.29) is 12.3 Å². The highest BCUT2D eigenvalue weighted by Gasteiger charge is 2.11.